The summed E-state index contributed by atoms with van der Waals surface area (Å²) in [5.41, 5.74) is 0. The molecule has 0 spiro atoms. The minimum Gasteiger partial charge on any atom is -0.445 e. The second-order valence-electron chi connectivity index (χ2n) is 10.3. The van der Waals surface area contributed by atoms with Crippen molar-refractivity contribution in [3.63, 3.8) is 0 Å². The Kier molecular flexibility index (Phi) is 5.08. The van der Waals surface area contributed by atoms with Gasteiger partial charge in [-0.15, -0.1) is 0 Å². The van der Waals surface area contributed by atoms with Crippen LogP contribution in [0.25, 0.3) is 0 Å². The molecule has 4 unspecified atom stereocenters. The molecule has 4 fully saturated rings. The summed E-state index contributed by atoms with van der Waals surface area (Å²) >= 11 is 0. The van der Waals surface area contributed by atoms with Crippen molar-refractivity contribution in [2.75, 3.05) is 7.05 Å². The molecule has 27 heavy (non-hydrogen) atoms. The maximum atomic E-state index is 6.57. The summed E-state index contributed by atoms with van der Waals surface area (Å²) < 4.78 is 6.57. The third kappa shape index (κ3) is 3.39. The van der Waals surface area contributed by atoms with Crippen molar-refractivity contribution in [1.29, 1.82) is 0 Å². The van der Waals surface area contributed by atoms with Gasteiger partial charge in [-0.05, 0) is 69.7 Å². The summed E-state index contributed by atoms with van der Waals surface area (Å²) in [5, 5.41) is 0. The van der Waals surface area contributed by atoms with E-state index in [0.29, 0.717) is 17.9 Å². The molecule has 150 valence electrons. The Morgan fingerprint density at radius 1 is 0.963 bits per heavy atom. The third-order valence-electron chi connectivity index (χ3n) is 8.81. The molecule has 2 aliphatic carbocycles. The maximum Gasteiger partial charge on any atom is 0.199 e. The lowest BCUT2D eigenvalue weighted by Gasteiger charge is -2.46. The molecule has 0 amide bonds. The van der Waals surface area contributed by atoms with Crippen molar-refractivity contribution in [2.24, 2.45) is 17.8 Å². The van der Waals surface area contributed by atoms with Gasteiger partial charge in [0.15, 0.2) is 5.89 Å². The number of aromatic nitrogens is 1. The van der Waals surface area contributed by atoms with Crippen LogP contribution >= 0.6 is 0 Å². The van der Waals surface area contributed by atoms with Crippen LogP contribution in [-0.4, -0.2) is 29.0 Å². The highest BCUT2D eigenvalue weighted by Gasteiger charge is 2.50. The van der Waals surface area contributed by atoms with Crippen LogP contribution in [-0.2, 0) is 0 Å². The molecule has 2 bridgehead atoms. The third-order valence-corrected chi connectivity index (χ3v) is 8.81. The summed E-state index contributed by atoms with van der Waals surface area (Å²) in [6.45, 7) is 2.44. The van der Waals surface area contributed by atoms with E-state index >= 15 is 0 Å². The highest BCUT2D eigenvalue weighted by atomic mass is 16.4. The molecule has 3 heterocycles. The molecule has 0 radical (unpaired) electrons. The van der Waals surface area contributed by atoms with E-state index in [-0.39, 0.29) is 0 Å². The van der Waals surface area contributed by atoms with Crippen LogP contribution in [0, 0.1) is 17.8 Å². The summed E-state index contributed by atoms with van der Waals surface area (Å²) in [7, 11) is 2.36. The lowest BCUT2D eigenvalue weighted by atomic mass is 9.67. The number of fused-ring (bicyclic) bond motifs is 2. The number of hydrogen-bond donors (Lipinski definition) is 0. The van der Waals surface area contributed by atoms with Crippen molar-refractivity contribution < 1.29 is 4.42 Å². The first-order valence-electron chi connectivity index (χ1n) is 11.9. The van der Waals surface area contributed by atoms with Crippen molar-refractivity contribution in [3.05, 3.63) is 17.8 Å². The Morgan fingerprint density at radius 2 is 1.74 bits per heavy atom. The summed E-state index contributed by atoms with van der Waals surface area (Å²) in [5.74, 6) is 6.08. The van der Waals surface area contributed by atoms with Crippen LogP contribution in [0.1, 0.15) is 107 Å². The number of likely N-dealkylation sites (N-methyl/N-ethyl adjacent to an activating group) is 1. The van der Waals surface area contributed by atoms with Crippen molar-refractivity contribution >= 4 is 0 Å². The molecule has 1 aromatic rings. The number of piperidine rings is 1. The Hall–Kier alpha value is -0.830. The fraction of sp³-hybridized carbons (Fsp3) is 0.875. The van der Waals surface area contributed by atoms with Gasteiger partial charge in [-0.1, -0.05) is 39.0 Å². The lowest BCUT2D eigenvalue weighted by Crippen LogP contribution is -2.47. The van der Waals surface area contributed by atoms with Crippen LogP contribution in [0.2, 0.25) is 0 Å². The van der Waals surface area contributed by atoms with Gasteiger partial charge in [0.25, 0.3) is 0 Å². The number of rotatable bonds is 3. The Balaban J connectivity index is 1.41. The van der Waals surface area contributed by atoms with Gasteiger partial charge in [-0.2, -0.15) is 0 Å². The molecule has 0 N–H and O–H groups in total. The van der Waals surface area contributed by atoms with Crippen LogP contribution in [0.4, 0.5) is 0 Å². The van der Waals surface area contributed by atoms with Gasteiger partial charge >= 0.3 is 0 Å². The van der Waals surface area contributed by atoms with E-state index in [1.165, 1.54) is 82.8 Å². The fourth-order valence-electron chi connectivity index (χ4n) is 7.08. The molecule has 5 rings (SSSR count). The normalized spacial score (nSPS) is 41.1. The van der Waals surface area contributed by atoms with Crippen LogP contribution in [0.3, 0.4) is 0 Å². The van der Waals surface area contributed by atoms with E-state index < -0.39 is 0 Å². The number of nitrogens with zero attached hydrogens (tertiary/aromatic N) is 2. The van der Waals surface area contributed by atoms with Gasteiger partial charge < -0.3 is 4.42 Å². The average molecular weight is 371 g/mol. The first-order chi connectivity index (χ1) is 13.2. The SMILES string of the molecule is CC1CCC(C2CC3CCC(C2c2ncc(C4CCCCC4)o2)N3C)CC1. The molecule has 1 aromatic heterocycles. The van der Waals surface area contributed by atoms with E-state index in [1.807, 2.05) is 0 Å². The molecule has 0 aromatic carbocycles. The molecule has 2 saturated carbocycles. The monoisotopic (exact) mass is 370 g/mol. The van der Waals surface area contributed by atoms with E-state index in [0.717, 1.165) is 29.7 Å². The summed E-state index contributed by atoms with van der Waals surface area (Å²) in [4.78, 5) is 7.61. The molecule has 3 nitrogen and oxygen atoms in total. The minimum atomic E-state index is 0.532. The van der Waals surface area contributed by atoms with Crippen LogP contribution in [0.15, 0.2) is 10.6 Å². The molecule has 4 aliphatic rings. The summed E-state index contributed by atoms with van der Waals surface area (Å²) in [6, 6.07) is 1.47. The molecular weight excluding hydrogens is 332 g/mol. The highest BCUT2D eigenvalue weighted by Crippen LogP contribution is 2.52. The van der Waals surface area contributed by atoms with Crippen molar-refractivity contribution in [3.8, 4) is 0 Å². The molecular formula is C24H38N2O. The fourth-order valence-corrected chi connectivity index (χ4v) is 7.08. The molecule has 2 aliphatic heterocycles. The van der Waals surface area contributed by atoms with Crippen molar-refractivity contribution in [1.82, 2.24) is 9.88 Å². The Bertz CT molecular complexity index is 626. The first kappa shape index (κ1) is 18.2. The first-order valence-corrected chi connectivity index (χ1v) is 11.9. The van der Waals surface area contributed by atoms with Crippen LogP contribution in [0.5, 0.6) is 0 Å². The predicted molar refractivity (Wildman–Crippen MR) is 109 cm³/mol. The second-order valence-corrected chi connectivity index (χ2v) is 10.3. The molecule has 3 heteroatoms. The zero-order valence-corrected chi connectivity index (χ0v) is 17.4. The van der Waals surface area contributed by atoms with Gasteiger partial charge in [0, 0.05) is 18.0 Å². The van der Waals surface area contributed by atoms with Crippen LogP contribution < -0.4 is 0 Å². The predicted octanol–water partition coefficient (Wildman–Crippen LogP) is 6.11. The Morgan fingerprint density at radius 3 is 2.52 bits per heavy atom. The Labute approximate surface area is 165 Å². The smallest absolute Gasteiger partial charge is 0.199 e. The van der Waals surface area contributed by atoms with Gasteiger partial charge in [0.05, 0.1) is 12.1 Å². The number of hydrogen-bond acceptors (Lipinski definition) is 3. The summed E-state index contributed by atoms with van der Waals surface area (Å²) in [6.07, 6.45) is 18.6. The average Bonchev–Trinajstić information content (AvgIpc) is 3.26. The van der Waals surface area contributed by atoms with Gasteiger partial charge in [0.2, 0.25) is 0 Å². The lowest BCUT2D eigenvalue weighted by molar-refractivity contribution is 0.0466. The zero-order valence-electron chi connectivity index (χ0n) is 17.4. The quantitative estimate of drug-likeness (QED) is 0.642. The second kappa shape index (κ2) is 7.54. The zero-order chi connectivity index (χ0) is 18.4. The van der Waals surface area contributed by atoms with Gasteiger partial charge in [-0.25, -0.2) is 4.98 Å². The number of oxazole rings is 1. The highest BCUT2D eigenvalue weighted by molar-refractivity contribution is 5.14. The van der Waals surface area contributed by atoms with Gasteiger partial charge in [-0.3, -0.25) is 4.90 Å². The standard InChI is InChI=1S/C24H38N2O/c1-16-8-10-17(11-9-16)20-14-19-12-13-21(26(19)2)23(20)24-25-15-22(27-24)18-6-4-3-5-7-18/h15-21,23H,3-14H2,1-2H3. The van der Waals surface area contributed by atoms with Crippen molar-refractivity contribution in [2.45, 2.75) is 108 Å². The minimum absolute atomic E-state index is 0.532. The van der Waals surface area contributed by atoms with E-state index in [1.54, 1.807) is 0 Å². The van der Waals surface area contributed by atoms with Gasteiger partial charge in [0.1, 0.15) is 5.76 Å². The maximum absolute atomic E-state index is 6.57. The van der Waals surface area contributed by atoms with E-state index in [4.69, 9.17) is 9.40 Å². The molecule has 4 atom stereocenters. The molecule has 2 saturated heterocycles. The topological polar surface area (TPSA) is 29.3 Å². The van der Waals surface area contributed by atoms with E-state index in [9.17, 15) is 0 Å². The van der Waals surface area contributed by atoms with E-state index in [2.05, 4.69) is 25.1 Å². The largest absolute Gasteiger partial charge is 0.445 e.